The first kappa shape index (κ1) is 18.6. The Balaban J connectivity index is 2.12. The van der Waals surface area contributed by atoms with E-state index in [1.807, 2.05) is 0 Å². The fourth-order valence-electron chi connectivity index (χ4n) is 3.07. The van der Waals surface area contributed by atoms with Crippen molar-refractivity contribution in [2.24, 2.45) is 0 Å². The van der Waals surface area contributed by atoms with Gasteiger partial charge >= 0.3 is 12.1 Å². The van der Waals surface area contributed by atoms with Gasteiger partial charge in [0.25, 0.3) is 0 Å². The van der Waals surface area contributed by atoms with E-state index in [0.29, 0.717) is 5.56 Å². The number of carbonyl (C=O) groups is 1. The summed E-state index contributed by atoms with van der Waals surface area (Å²) in [7, 11) is 1.55. The Bertz CT molecular complexity index is 933. The molecular formula is C20H16F3NO3. The summed E-state index contributed by atoms with van der Waals surface area (Å²) < 4.78 is 41.0. The third-order valence-electron chi connectivity index (χ3n) is 4.37. The molecule has 140 valence electrons. The van der Waals surface area contributed by atoms with Crippen molar-refractivity contribution in [3.8, 4) is 11.1 Å². The molecule has 0 amide bonds. The predicted octanol–water partition coefficient (Wildman–Crippen LogP) is 4.77. The number of hydrogen-bond donors (Lipinski definition) is 2. The van der Waals surface area contributed by atoms with Crippen LogP contribution in [0, 0.1) is 0 Å². The molecular weight excluding hydrogens is 359 g/mol. The second-order valence-corrected chi connectivity index (χ2v) is 6.18. The highest BCUT2D eigenvalue weighted by Crippen LogP contribution is 2.40. The summed E-state index contributed by atoms with van der Waals surface area (Å²) in [4.78, 5) is 12.7. The third kappa shape index (κ3) is 3.67. The Labute approximate surface area is 153 Å². The van der Waals surface area contributed by atoms with Gasteiger partial charge in [-0.15, -0.1) is 0 Å². The van der Waals surface area contributed by atoms with Crippen molar-refractivity contribution >= 4 is 5.97 Å². The van der Waals surface area contributed by atoms with Crippen LogP contribution >= 0.6 is 0 Å². The molecule has 0 bridgehead atoms. The lowest BCUT2D eigenvalue weighted by molar-refractivity contribution is -0.137. The van der Waals surface area contributed by atoms with E-state index in [-0.39, 0.29) is 16.7 Å². The molecule has 0 saturated heterocycles. The lowest BCUT2D eigenvalue weighted by Gasteiger charge is -2.29. The number of rotatable bonds is 3. The van der Waals surface area contributed by atoms with Gasteiger partial charge in [-0.05, 0) is 28.8 Å². The van der Waals surface area contributed by atoms with Gasteiger partial charge in [0, 0.05) is 13.2 Å². The van der Waals surface area contributed by atoms with Crippen LogP contribution in [-0.2, 0) is 11.0 Å². The highest BCUT2D eigenvalue weighted by atomic mass is 19.4. The van der Waals surface area contributed by atoms with Crippen molar-refractivity contribution in [3.05, 3.63) is 83.3 Å². The van der Waals surface area contributed by atoms with Gasteiger partial charge in [-0.1, -0.05) is 42.5 Å². The summed E-state index contributed by atoms with van der Waals surface area (Å²) in [6.07, 6.45) is -2.16. The van der Waals surface area contributed by atoms with E-state index in [4.69, 9.17) is 5.11 Å². The molecule has 2 N–H and O–H groups in total. The molecule has 1 heterocycles. The Morgan fingerprint density at radius 2 is 1.78 bits per heavy atom. The van der Waals surface area contributed by atoms with Crippen LogP contribution in [0.15, 0.2) is 72.1 Å². The second-order valence-electron chi connectivity index (χ2n) is 6.18. The highest BCUT2D eigenvalue weighted by molar-refractivity contribution is 5.91. The van der Waals surface area contributed by atoms with E-state index in [9.17, 15) is 23.1 Å². The second kappa shape index (κ2) is 6.83. The van der Waals surface area contributed by atoms with E-state index in [1.165, 1.54) is 29.3 Å². The molecule has 3 rings (SSSR count). The average molecular weight is 375 g/mol. The van der Waals surface area contributed by atoms with Crippen LogP contribution in [0.4, 0.5) is 13.2 Å². The van der Waals surface area contributed by atoms with Crippen LogP contribution in [0.2, 0.25) is 0 Å². The summed E-state index contributed by atoms with van der Waals surface area (Å²) in [6, 6.07) is 11.4. The molecule has 1 aliphatic heterocycles. The molecule has 1 unspecified atom stereocenters. The minimum Gasteiger partial charge on any atom is -0.506 e. The molecule has 1 atom stereocenters. The van der Waals surface area contributed by atoms with Gasteiger partial charge in [0.1, 0.15) is 11.3 Å². The topological polar surface area (TPSA) is 60.8 Å². The monoisotopic (exact) mass is 375 g/mol. The Hall–Kier alpha value is -3.22. The number of alkyl halides is 3. The predicted molar refractivity (Wildman–Crippen MR) is 93.8 cm³/mol. The molecule has 2 aromatic carbocycles. The molecule has 7 heteroatoms. The summed E-state index contributed by atoms with van der Waals surface area (Å²) in [5, 5.41) is 18.9. The number of nitrogens with zero attached hydrogens (tertiary/aromatic N) is 1. The SMILES string of the molecule is CN1C=C(O)C(C(=O)O)=CC1c1ccc(-c2ccccc2)c(C(F)(F)F)c1. The number of aliphatic carboxylic acids is 1. The number of benzene rings is 2. The molecule has 0 saturated carbocycles. The van der Waals surface area contributed by atoms with Crippen molar-refractivity contribution in [2.75, 3.05) is 7.05 Å². The normalized spacial score (nSPS) is 17.3. The van der Waals surface area contributed by atoms with Gasteiger partial charge in [0.2, 0.25) is 0 Å². The van der Waals surface area contributed by atoms with Crippen molar-refractivity contribution in [1.82, 2.24) is 4.90 Å². The number of halogens is 3. The zero-order valence-electron chi connectivity index (χ0n) is 14.2. The van der Waals surface area contributed by atoms with Crippen LogP contribution < -0.4 is 0 Å². The minimum atomic E-state index is -4.58. The third-order valence-corrected chi connectivity index (χ3v) is 4.37. The summed E-state index contributed by atoms with van der Waals surface area (Å²) in [6.45, 7) is 0. The number of aliphatic hydroxyl groups is 1. The van der Waals surface area contributed by atoms with Crippen LogP contribution in [0.1, 0.15) is 17.2 Å². The number of carboxylic acids is 1. The standard InChI is InChI=1S/C20H16F3NO3/c1-24-11-18(25)15(19(26)27)10-17(24)13-7-8-14(12-5-3-2-4-6-12)16(9-13)20(21,22)23/h2-11,17,25H,1H3,(H,26,27). The van der Waals surface area contributed by atoms with Gasteiger partial charge in [-0.3, -0.25) is 0 Å². The van der Waals surface area contributed by atoms with E-state index in [2.05, 4.69) is 0 Å². The van der Waals surface area contributed by atoms with Crippen molar-refractivity contribution in [1.29, 1.82) is 0 Å². The largest absolute Gasteiger partial charge is 0.506 e. The van der Waals surface area contributed by atoms with Crippen molar-refractivity contribution in [2.45, 2.75) is 12.2 Å². The van der Waals surface area contributed by atoms with Crippen molar-refractivity contribution in [3.63, 3.8) is 0 Å². The maximum atomic E-state index is 13.7. The zero-order chi connectivity index (χ0) is 19.8. The number of likely N-dealkylation sites (N-methyl/N-ethyl adjacent to an activating group) is 1. The van der Waals surface area contributed by atoms with Gasteiger partial charge < -0.3 is 15.1 Å². The Kier molecular flexibility index (Phi) is 4.70. The number of aliphatic hydroxyl groups excluding tert-OH is 1. The molecule has 1 aliphatic rings. The Morgan fingerprint density at radius 1 is 1.11 bits per heavy atom. The summed E-state index contributed by atoms with van der Waals surface area (Å²) in [5.74, 6) is -1.79. The number of carboxylic acid groups (broad SMARTS) is 1. The first-order valence-corrected chi connectivity index (χ1v) is 8.03. The quantitative estimate of drug-likeness (QED) is 0.811. The highest BCUT2D eigenvalue weighted by Gasteiger charge is 2.35. The fourth-order valence-corrected chi connectivity index (χ4v) is 3.07. The molecule has 4 nitrogen and oxygen atoms in total. The first-order chi connectivity index (χ1) is 12.7. The maximum Gasteiger partial charge on any atom is 0.417 e. The van der Waals surface area contributed by atoms with Crippen molar-refractivity contribution < 1.29 is 28.2 Å². The summed E-state index contributed by atoms with van der Waals surface area (Å²) >= 11 is 0. The Morgan fingerprint density at radius 3 is 2.37 bits per heavy atom. The minimum absolute atomic E-state index is 0.0474. The fraction of sp³-hybridized carbons (Fsp3) is 0.150. The lowest BCUT2D eigenvalue weighted by atomic mass is 9.92. The lowest BCUT2D eigenvalue weighted by Crippen LogP contribution is -2.24. The molecule has 2 aromatic rings. The van der Waals surface area contributed by atoms with Crippen LogP contribution in [0.25, 0.3) is 11.1 Å². The maximum absolute atomic E-state index is 13.7. The van der Waals surface area contributed by atoms with Crippen LogP contribution in [0.3, 0.4) is 0 Å². The van der Waals surface area contributed by atoms with E-state index in [1.54, 1.807) is 37.4 Å². The van der Waals surface area contributed by atoms with E-state index < -0.39 is 29.5 Å². The molecule has 0 aliphatic carbocycles. The van der Waals surface area contributed by atoms with E-state index in [0.717, 1.165) is 6.07 Å². The summed E-state index contributed by atoms with van der Waals surface area (Å²) in [5.41, 5.74) is -0.395. The van der Waals surface area contributed by atoms with Gasteiger partial charge in [-0.25, -0.2) is 4.79 Å². The van der Waals surface area contributed by atoms with Gasteiger partial charge in [-0.2, -0.15) is 13.2 Å². The number of hydrogen-bond acceptors (Lipinski definition) is 3. The molecule has 0 spiro atoms. The van der Waals surface area contributed by atoms with Gasteiger partial charge in [0.15, 0.2) is 0 Å². The molecule has 0 fully saturated rings. The van der Waals surface area contributed by atoms with E-state index >= 15 is 0 Å². The zero-order valence-corrected chi connectivity index (χ0v) is 14.2. The first-order valence-electron chi connectivity index (χ1n) is 8.03. The van der Waals surface area contributed by atoms with Crippen LogP contribution in [0.5, 0.6) is 0 Å². The van der Waals surface area contributed by atoms with Gasteiger partial charge in [0.05, 0.1) is 11.6 Å². The van der Waals surface area contributed by atoms with Crippen LogP contribution in [-0.4, -0.2) is 28.1 Å². The average Bonchev–Trinajstić information content (AvgIpc) is 2.61. The smallest absolute Gasteiger partial charge is 0.417 e. The molecule has 0 aromatic heterocycles. The molecule has 27 heavy (non-hydrogen) atoms. The molecule has 0 radical (unpaired) electrons.